The molecule has 0 unspecified atom stereocenters. The van der Waals surface area contributed by atoms with Crippen molar-refractivity contribution in [1.29, 1.82) is 0 Å². The summed E-state index contributed by atoms with van der Waals surface area (Å²) < 4.78 is 0. The van der Waals surface area contributed by atoms with Crippen molar-refractivity contribution in [3.8, 4) is 0 Å². The lowest BCUT2D eigenvalue weighted by Gasteiger charge is -2.09. The lowest BCUT2D eigenvalue weighted by Crippen LogP contribution is -2.33. The fraction of sp³-hybridized carbons (Fsp3) is 0.267. The number of carbonyl (C=O) groups excluding carboxylic acids is 1. The average Bonchev–Trinajstić information content (AvgIpc) is 2.43. The van der Waals surface area contributed by atoms with E-state index in [-0.39, 0.29) is 11.0 Å². The molecule has 21 heavy (non-hydrogen) atoms. The summed E-state index contributed by atoms with van der Waals surface area (Å²) in [5.41, 5.74) is 1.41. The molecule has 0 saturated carbocycles. The van der Waals surface area contributed by atoms with E-state index in [0.717, 1.165) is 24.5 Å². The average molecular weight is 306 g/mol. The minimum atomic E-state index is -1.01. The molecule has 0 heterocycles. The summed E-state index contributed by atoms with van der Waals surface area (Å²) >= 11 is 5.06. The second-order valence-corrected chi connectivity index (χ2v) is 4.81. The van der Waals surface area contributed by atoms with Crippen molar-refractivity contribution in [3.05, 3.63) is 35.9 Å². The van der Waals surface area contributed by atoms with Gasteiger partial charge >= 0.3 is 5.97 Å². The molecule has 3 N–H and O–H groups in total. The fourth-order valence-corrected chi connectivity index (χ4v) is 1.81. The molecule has 0 radical (unpaired) electrons. The molecule has 0 spiro atoms. The maximum Gasteiger partial charge on any atom is 0.328 e. The first kappa shape index (κ1) is 16.8. The summed E-state index contributed by atoms with van der Waals surface area (Å²) in [6, 6.07) is 7.06. The molecule has 1 rings (SSSR count). The Balaban J connectivity index is 2.58. The Morgan fingerprint density at radius 1 is 1.38 bits per heavy atom. The monoisotopic (exact) mass is 306 g/mol. The van der Waals surface area contributed by atoms with Gasteiger partial charge in [-0.1, -0.05) is 25.5 Å². The van der Waals surface area contributed by atoms with Crippen molar-refractivity contribution in [2.24, 2.45) is 0 Å². The summed E-state index contributed by atoms with van der Waals surface area (Å²) in [7, 11) is 0. The fourth-order valence-electron chi connectivity index (χ4n) is 1.58. The SMILES string of the molecule is CCCCC(=O)NC(=S)Nc1cccc(/C=C/C(=O)O)c1. The van der Waals surface area contributed by atoms with Gasteiger partial charge in [-0.3, -0.25) is 4.79 Å². The third kappa shape index (κ3) is 7.22. The van der Waals surface area contributed by atoms with Crippen molar-refractivity contribution < 1.29 is 14.7 Å². The molecule has 0 aliphatic heterocycles. The number of anilines is 1. The summed E-state index contributed by atoms with van der Waals surface area (Å²) in [5, 5.41) is 14.3. The van der Waals surface area contributed by atoms with E-state index in [1.165, 1.54) is 6.08 Å². The van der Waals surface area contributed by atoms with E-state index in [1.807, 2.05) is 6.92 Å². The molecule has 0 atom stereocenters. The summed E-state index contributed by atoms with van der Waals surface area (Å²) in [5.74, 6) is -1.12. The van der Waals surface area contributed by atoms with Gasteiger partial charge in [0.1, 0.15) is 0 Å². The molecule has 112 valence electrons. The molecule has 0 aliphatic rings. The number of nitrogens with one attached hydrogen (secondary N) is 2. The highest BCUT2D eigenvalue weighted by Crippen LogP contribution is 2.12. The van der Waals surface area contributed by atoms with Crippen molar-refractivity contribution in [2.75, 3.05) is 5.32 Å². The highest BCUT2D eigenvalue weighted by atomic mass is 32.1. The summed E-state index contributed by atoms with van der Waals surface area (Å²) in [6.07, 6.45) is 4.76. The van der Waals surface area contributed by atoms with Crippen LogP contribution in [0.2, 0.25) is 0 Å². The molecule has 0 aromatic heterocycles. The second kappa shape index (κ2) is 8.86. The normalized spacial score (nSPS) is 10.3. The Morgan fingerprint density at radius 3 is 2.81 bits per heavy atom. The molecule has 0 saturated heterocycles. The van der Waals surface area contributed by atoms with Crippen LogP contribution in [-0.2, 0) is 9.59 Å². The number of carboxylic acids is 1. The Bertz CT molecular complexity index is 556. The van der Waals surface area contributed by atoms with E-state index >= 15 is 0 Å². The number of thiocarbonyl (C=S) groups is 1. The highest BCUT2D eigenvalue weighted by Gasteiger charge is 2.04. The van der Waals surface area contributed by atoms with Crippen LogP contribution in [0, 0.1) is 0 Å². The number of carbonyl (C=O) groups is 2. The lowest BCUT2D eigenvalue weighted by molar-refractivity contribution is -0.131. The molecular weight excluding hydrogens is 288 g/mol. The summed E-state index contributed by atoms with van der Waals surface area (Å²) in [6.45, 7) is 2.01. The Kier molecular flexibility index (Phi) is 7.11. The molecule has 6 heteroatoms. The Labute approximate surface area is 129 Å². The Morgan fingerprint density at radius 2 is 2.14 bits per heavy atom. The third-order valence-corrected chi connectivity index (χ3v) is 2.78. The van der Waals surface area contributed by atoms with E-state index in [4.69, 9.17) is 17.3 Å². The molecule has 1 aromatic carbocycles. The van der Waals surface area contributed by atoms with Gasteiger partial charge in [0.2, 0.25) is 5.91 Å². The number of hydrogen-bond donors (Lipinski definition) is 3. The zero-order valence-electron chi connectivity index (χ0n) is 11.8. The van der Waals surface area contributed by atoms with Crippen molar-refractivity contribution in [3.63, 3.8) is 0 Å². The van der Waals surface area contributed by atoms with Crippen molar-refractivity contribution >= 4 is 41.0 Å². The van der Waals surface area contributed by atoms with Crippen molar-refractivity contribution in [2.45, 2.75) is 26.2 Å². The van der Waals surface area contributed by atoms with Crippen LogP contribution in [0.25, 0.3) is 6.08 Å². The van der Waals surface area contributed by atoms with Gasteiger partial charge in [-0.15, -0.1) is 0 Å². The van der Waals surface area contributed by atoms with Crippen LogP contribution >= 0.6 is 12.2 Å². The minimum Gasteiger partial charge on any atom is -0.478 e. The predicted molar refractivity (Wildman–Crippen MR) is 87.0 cm³/mol. The number of carboxylic acid groups (broad SMARTS) is 1. The standard InChI is InChI=1S/C15H18N2O3S/c1-2-3-7-13(18)17-15(21)16-12-6-4-5-11(10-12)8-9-14(19)20/h4-6,8-10H,2-3,7H2,1H3,(H,19,20)(H2,16,17,18,21)/b9-8+. The van der Waals surface area contributed by atoms with Crippen molar-refractivity contribution in [1.82, 2.24) is 5.32 Å². The third-order valence-electron chi connectivity index (χ3n) is 2.57. The zero-order chi connectivity index (χ0) is 15.7. The van der Waals surface area contributed by atoms with Gasteiger partial charge in [0.05, 0.1) is 0 Å². The first-order valence-electron chi connectivity index (χ1n) is 6.63. The molecule has 1 aromatic rings. The van der Waals surface area contributed by atoms with Crippen LogP contribution < -0.4 is 10.6 Å². The minimum absolute atomic E-state index is 0.115. The van der Waals surface area contributed by atoms with Crippen LogP contribution in [-0.4, -0.2) is 22.1 Å². The number of aliphatic carboxylic acids is 1. The molecule has 0 fully saturated rings. The van der Waals surface area contributed by atoms with E-state index in [0.29, 0.717) is 12.1 Å². The maximum atomic E-state index is 11.5. The first-order valence-corrected chi connectivity index (χ1v) is 7.04. The van der Waals surface area contributed by atoms with Gasteiger partial charge in [-0.2, -0.15) is 0 Å². The zero-order valence-corrected chi connectivity index (χ0v) is 12.6. The lowest BCUT2D eigenvalue weighted by atomic mass is 10.2. The molecule has 5 nitrogen and oxygen atoms in total. The van der Waals surface area contributed by atoms with E-state index < -0.39 is 5.97 Å². The first-order chi connectivity index (χ1) is 10.0. The topological polar surface area (TPSA) is 78.4 Å². The second-order valence-electron chi connectivity index (χ2n) is 4.40. The van der Waals surface area contributed by atoms with E-state index in [9.17, 15) is 9.59 Å². The predicted octanol–water partition coefficient (Wildman–Crippen LogP) is 2.79. The Hall–Kier alpha value is -2.21. The van der Waals surface area contributed by atoms with Crippen LogP contribution in [0.3, 0.4) is 0 Å². The smallest absolute Gasteiger partial charge is 0.328 e. The molecule has 0 bridgehead atoms. The largest absolute Gasteiger partial charge is 0.478 e. The number of hydrogen-bond acceptors (Lipinski definition) is 3. The van der Waals surface area contributed by atoms with Gasteiger partial charge < -0.3 is 15.7 Å². The molecule has 0 aliphatic carbocycles. The molecule has 1 amide bonds. The number of benzene rings is 1. The maximum absolute atomic E-state index is 11.5. The number of unbranched alkanes of at least 4 members (excludes halogenated alkanes) is 1. The van der Waals surface area contributed by atoms with Crippen LogP contribution in [0.5, 0.6) is 0 Å². The van der Waals surface area contributed by atoms with Gasteiger partial charge in [0.25, 0.3) is 0 Å². The van der Waals surface area contributed by atoms with Gasteiger partial charge in [-0.25, -0.2) is 4.79 Å². The van der Waals surface area contributed by atoms with Crippen LogP contribution in [0.4, 0.5) is 5.69 Å². The number of amides is 1. The highest BCUT2D eigenvalue weighted by molar-refractivity contribution is 7.80. The van der Waals surface area contributed by atoms with Gasteiger partial charge in [0, 0.05) is 18.2 Å². The van der Waals surface area contributed by atoms with Gasteiger partial charge in [0.15, 0.2) is 5.11 Å². The number of rotatable bonds is 6. The van der Waals surface area contributed by atoms with E-state index in [2.05, 4.69) is 10.6 Å². The van der Waals surface area contributed by atoms with Gasteiger partial charge in [-0.05, 0) is 42.4 Å². The molecular formula is C15H18N2O3S. The quantitative estimate of drug-likeness (QED) is 0.556. The van der Waals surface area contributed by atoms with E-state index in [1.54, 1.807) is 24.3 Å². The summed E-state index contributed by atoms with van der Waals surface area (Å²) in [4.78, 5) is 22.0. The van der Waals surface area contributed by atoms with Crippen LogP contribution in [0.1, 0.15) is 31.7 Å². The van der Waals surface area contributed by atoms with Crippen LogP contribution in [0.15, 0.2) is 30.3 Å².